The van der Waals surface area contributed by atoms with Crippen molar-refractivity contribution in [3.8, 4) is 0 Å². The van der Waals surface area contributed by atoms with E-state index in [1.807, 2.05) is 18.5 Å². The third-order valence-corrected chi connectivity index (χ3v) is 6.44. The molecule has 32 heavy (non-hydrogen) atoms. The maximum absolute atomic E-state index is 13.4. The molecule has 0 aliphatic heterocycles. The number of carbonyl (C=O) groups is 1. The number of rotatable bonds is 6. The predicted octanol–water partition coefficient (Wildman–Crippen LogP) is 4.27. The first-order valence-electron chi connectivity index (χ1n) is 11.5. The fourth-order valence-corrected chi connectivity index (χ4v) is 4.75. The van der Waals surface area contributed by atoms with Crippen LogP contribution in [0, 0.1) is 13.8 Å². The van der Waals surface area contributed by atoms with Gasteiger partial charge in [0.1, 0.15) is 0 Å². The molecule has 1 aliphatic rings. The maximum atomic E-state index is 13.4. The number of aliphatic hydroxyl groups is 1. The van der Waals surface area contributed by atoms with Gasteiger partial charge in [0.05, 0.1) is 35.0 Å². The van der Waals surface area contributed by atoms with E-state index in [1.54, 1.807) is 12.4 Å². The summed E-state index contributed by atoms with van der Waals surface area (Å²) in [6.45, 7) is 8.86. The van der Waals surface area contributed by atoms with Crippen LogP contribution in [-0.4, -0.2) is 37.9 Å². The van der Waals surface area contributed by atoms with Crippen LogP contribution in [0.15, 0.2) is 30.6 Å². The Labute approximate surface area is 189 Å². The molecule has 170 valence electrons. The SMILES string of the molecule is CCn1ncc2c(N[C@H]3CCC[C@H](O)C3)c(C(=O)N[C@@H](C)c3ccc(C)cc3C)cnc21. The van der Waals surface area contributed by atoms with Gasteiger partial charge in [-0.1, -0.05) is 23.8 Å². The fraction of sp³-hybridized carbons (Fsp3) is 0.480. The molecule has 0 bridgehead atoms. The highest BCUT2D eigenvalue weighted by Crippen LogP contribution is 2.30. The zero-order valence-electron chi connectivity index (χ0n) is 19.4. The van der Waals surface area contributed by atoms with Gasteiger partial charge in [0, 0.05) is 18.8 Å². The van der Waals surface area contributed by atoms with Crippen molar-refractivity contribution in [2.45, 2.75) is 78.1 Å². The summed E-state index contributed by atoms with van der Waals surface area (Å²) in [6.07, 6.45) is 6.54. The Morgan fingerprint density at radius 3 is 2.81 bits per heavy atom. The topological polar surface area (TPSA) is 92.1 Å². The Bertz CT molecular complexity index is 1120. The van der Waals surface area contributed by atoms with Crippen LogP contribution in [-0.2, 0) is 6.54 Å². The summed E-state index contributed by atoms with van der Waals surface area (Å²) in [5, 5.41) is 22.1. The number of hydrogen-bond acceptors (Lipinski definition) is 5. The van der Waals surface area contributed by atoms with E-state index in [1.165, 1.54) is 5.56 Å². The normalized spacial score (nSPS) is 19.7. The number of benzene rings is 1. The highest BCUT2D eigenvalue weighted by atomic mass is 16.3. The van der Waals surface area contributed by atoms with E-state index in [4.69, 9.17) is 0 Å². The molecule has 7 nitrogen and oxygen atoms in total. The van der Waals surface area contributed by atoms with Crippen LogP contribution in [0.5, 0.6) is 0 Å². The molecule has 0 spiro atoms. The van der Waals surface area contributed by atoms with E-state index in [0.29, 0.717) is 18.5 Å². The van der Waals surface area contributed by atoms with Crippen LogP contribution >= 0.6 is 0 Å². The number of aliphatic hydroxyl groups excluding tert-OH is 1. The minimum atomic E-state index is -0.307. The lowest BCUT2D eigenvalue weighted by Crippen LogP contribution is -2.32. The predicted molar refractivity (Wildman–Crippen MR) is 127 cm³/mol. The van der Waals surface area contributed by atoms with Gasteiger partial charge in [0.25, 0.3) is 5.91 Å². The zero-order valence-corrected chi connectivity index (χ0v) is 19.4. The largest absolute Gasteiger partial charge is 0.393 e. The second-order valence-corrected chi connectivity index (χ2v) is 8.96. The number of nitrogens with zero attached hydrogens (tertiary/aromatic N) is 3. The van der Waals surface area contributed by atoms with Crippen LogP contribution in [0.1, 0.15) is 72.6 Å². The number of nitrogens with one attached hydrogen (secondary N) is 2. The van der Waals surface area contributed by atoms with Crippen molar-refractivity contribution >= 4 is 22.6 Å². The Balaban J connectivity index is 1.66. The minimum absolute atomic E-state index is 0.109. The molecule has 1 aromatic carbocycles. The summed E-state index contributed by atoms with van der Waals surface area (Å²) in [6, 6.07) is 6.25. The first kappa shape index (κ1) is 22.3. The minimum Gasteiger partial charge on any atom is -0.393 e. The molecule has 1 saturated carbocycles. The number of aryl methyl sites for hydroxylation is 3. The van der Waals surface area contributed by atoms with E-state index in [0.717, 1.165) is 47.1 Å². The number of pyridine rings is 1. The van der Waals surface area contributed by atoms with Gasteiger partial charge in [-0.25, -0.2) is 9.67 Å². The number of hydrogen-bond donors (Lipinski definition) is 3. The molecule has 0 radical (unpaired) electrons. The average Bonchev–Trinajstić information content (AvgIpc) is 3.17. The van der Waals surface area contributed by atoms with Crippen molar-refractivity contribution in [2.75, 3.05) is 5.32 Å². The number of carbonyl (C=O) groups excluding carboxylic acids is 1. The highest BCUT2D eigenvalue weighted by Gasteiger charge is 2.25. The van der Waals surface area contributed by atoms with E-state index in [2.05, 4.69) is 52.8 Å². The van der Waals surface area contributed by atoms with Crippen LogP contribution in [0.3, 0.4) is 0 Å². The highest BCUT2D eigenvalue weighted by molar-refractivity contribution is 6.06. The smallest absolute Gasteiger partial charge is 0.255 e. The monoisotopic (exact) mass is 435 g/mol. The van der Waals surface area contributed by atoms with Gasteiger partial charge >= 0.3 is 0 Å². The number of amides is 1. The average molecular weight is 436 g/mol. The summed E-state index contributed by atoms with van der Waals surface area (Å²) in [5.41, 5.74) is 5.47. The van der Waals surface area contributed by atoms with Gasteiger partial charge in [-0.05, 0) is 64.5 Å². The lowest BCUT2D eigenvalue weighted by Gasteiger charge is -2.28. The van der Waals surface area contributed by atoms with Crippen LogP contribution in [0.25, 0.3) is 11.0 Å². The molecular weight excluding hydrogens is 402 g/mol. The summed E-state index contributed by atoms with van der Waals surface area (Å²) >= 11 is 0. The van der Waals surface area contributed by atoms with Crippen molar-refractivity contribution in [2.24, 2.45) is 0 Å². The molecule has 1 aliphatic carbocycles. The third kappa shape index (κ3) is 4.48. The van der Waals surface area contributed by atoms with E-state index < -0.39 is 0 Å². The van der Waals surface area contributed by atoms with Crippen LogP contribution < -0.4 is 10.6 Å². The van der Waals surface area contributed by atoms with E-state index in [-0.39, 0.29) is 24.1 Å². The molecular formula is C25H33N5O2. The Morgan fingerprint density at radius 2 is 2.09 bits per heavy atom. The molecule has 3 aromatic rings. The maximum Gasteiger partial charge on any atom is 0.255 e. The quantitative estimate of drug-likeness (QED) is 0.538. The summed E-state index contributed by atoms with van der Waals surface area (Å²) in [5.74, 6) is -0.171. The van der Waals surface area contributed by atoms with Gasteiger partial charge in [0.15, 0.2) is 5.65 Å². The first-order valence-corrected chi connectivity index (χ1v) is 11.5. The summed E-state index contributed by atoms with van der Waals surface area (Å²) in [4.78, 5) is 17.9. The van der Waals surface area contributed by atoms with Gasteiger partial charge in [-0.2, -0.15) is 5.10 Å². The lowest BCUT2D eigenvalue weighted by molar-refractivity contribution is 0.0940. The van der Waals surface area contributed by atoms with Crippen LogP contribution in [0.2, 0.25) is 0 Å². The molecule has 1 fully saturated rings. The molecule has 7 heteroatoms. The molecule has 0 saturated heterocycles. The van der Waals surface area contributed by atoms with E-state index >= 15 is 0 Å². The summed E-state index contributed by atoms with van der Waals surface area (Å²) < 4.78 is 1.83. The molecule has 4 rings (SSSR count). The van der Waals surface area contributed by atoms with E-state index in [9.17, 15) is 9.90 Å². The molecule has 3 N–H and O–H groups in total. The molecule has 0 unspecified atom stereocenters. The van der Waals surface area contributed by atoms with Crippen molar-refractivity contribution in [1.29, 1.82) is 0 Å². The third-order valence-electron chi connectivity index (χ3n) is 6.44. The van der Waals surface area contributed by atoms with Crippen molar-refractivity contribution in [3.63, 3.8) is 0 Å². The molecule has 2 heterocycles. The van der Waals surface area contributed by atoms with Crippen molar-refractivity contribution in [3.05, 3.63) is 52.8 Å². The second-order valence-electron chi connectivity index (χ2n) is 8.96. The van der Waals surface area contributed by atoms with Crippen molar-refractivity contribution < 1.29 is 9.90 Å². The molecule has 3 atom stereocenters. The number of fused-ring (bicyclic) bond motifs is 1. The molecule has 2 aromatic heterocycles. The number of anilines is 1. The lowest BCUT2D eigenvalue weighted by atomic mass is 9.92. The van der Waals surface area contributed by atoms with Crippen molar-refractivity contribution in [1.82, 2.24) is 20.1 Å². The second kappa shape index (κ2) is 9.28. The fourth-order valence-electron chi connectivity index (χ4n) is 4.75. The summed E-state index contributed by atoms with van der Waals surface area (Å²) in [7, 11) is 0. The standard InChI is InChI=1S/C25H33N5O2/c1-5-30-24-21(14-27-30)23(29-18-7-6-8-19(31)12-18)22(13-26-24)25(32)28-17(4)20-10-9-15(2)11-16(20)3/h9-11,13-14,17-19,31H,5-8,12H2,1-4H3,(H,26,29)(H,28,32)/t17-,18-,19-/m0/s1. The Kier molecular flexibility index (Phi) is 6.46. The van der Waals surface area contributed by atoms with Crippen LogP contribution in [0.4, 0.5) is 5.69 Å². The van der Waals surface area contributed by atoms with Gasteiger partial charge in [-0.3, -0.25) is 4.79 Å². The van der Waals surface area contributed by atoms with Gasteiger partial charge in [-0.15, -0.1) is 0 Å². The first-order chi connectivity index (χ1) is 15.4. The zero-order chi connectivity index (χ0) is 22.8. The Morgan fingerprint density at radius 1 is 1.28 bits per heavy atom. The Hall–Kier alpha value is -2.93. The van der Waals surface area contributed by atoms with Gasteiger partial charge < -0.3 is 15.7 Å². The molecule has 1 amide bonds. The van der Waals surface area contributed by atoms with Gasteiger partial charge in [0.2, 0.25) is 0 Å². The number of aromatic nitrogens is 3.